The van der Waals surface area contributed by atoms with Crippen LogP contribution >= 0.6 is 11.6 Å². The van der Waals surface area contributed by atoms with E-state index in [0.717, 1.165) is 22.7 Å². The lowest BCUT2D eigenvalue weighted by Crippen LogP contribution is -2.23. The lowest BCUT2D eigenvalue weighted by atomic mass is 10.1. The van der Waals surface area contributed by atoms with Crippen molar-refractivity contribution in [2.24, 2.45) is 0 Å². The molecule has 0 aliphatic carbocycles. The predicted molar refractivity (Wildman–Crippen MR) is 87.8 cm³/mol. The van der Waals surface area contributed by atoms with E-state index < -0.39 is 0 Å². The van der Waals surface area contributed by atoms with Crippen LogP contribution in [-0.2, 0) is 6.54 Å². The number of hydrogen-bond donors (Lipinski definition) is 2. The number of hydrogen-bond acceptors (Lipinski definition) is 2. The van der Waals surface area contributed by atoms with Gasteiger partial charge in [-0.2, -0.15) is 0 Å². The minimum absolute atomic E-state index is 0.0352. The fraction of sp³-hybridized carbons (Fsp3) is 0.235. The van der Waals surface area contributed by atoms with Crippen LogP contribution in [0.1, 0.15) is 29.3 Å². The molecule has 0 saturated heterocycles. The largest absolute Gasteiger partial charge is 0.381 e. The van der Waals surface area contributed by atoms with Crippen LogP contribution in [0.25, 0.3) is 0 Å². The topological polar surface area (TPSA) is 41.1 Å². The molecule has 21 heavy (non-hydrogen) atoms. The zero-order valence-corrected chi connectivity index (χ0v) is 12.8. The highest BCUT2D eigenvalue weighted by atomic mass is 35.5. The maximum Gasteiger partial charge on any atom is 0.251 e. The summed E-state index contributed by atoms with van der Waals surface area (Å²) < 4.78 is 0. The number of anilines is 1. The van der Waals surface area contributed by atoms with Gasteiger partial charge in [-0.05, 0) is 42.3 Å². The number of rotatable bonds is 6. The van der Waals surface area contributed by atoms with Gasteiger partial charge in [0.2, 0.25) is 0 Å². The molecule has 0 aliphatic rings. The van der Waals surface area contributed by atoms with Crippen LogP contribution in [0.5, 0.6) is 0 Å². The van der Waals surface area contributed by atoms with Gasteiger partial charge in [-0.15, -0.1) is 0 Å². The van der Waals surface area contributed by atoms with Gasteiger partial charge in [0.05, 0.1) is 0 Å². The summed E-state index contributed by atoms with van der Waals surface area (Å²) in [6.07, 6.45) is 0.931. The molecule has 1 amide bonds. The zero-order chi connectivity index (χ0) is 15.1. The van der Waals surface area contributed by atoms with Crippen molar-refractivity contribution < 1.29 is 4.79 Å². The van der Waals surface area contributed by atoms with E-state index in [2.05, 4.69) is 10.6 Å². The van der Waals surface area contributed by atoms with Gasteiger partial charge in [-0.3, -0.25) is 4.79 Å². The van der Waals surface area contributed by atoms with Crippen LogP contribution in [0, 0.1) is 0 Å². The molecule has 110 valence electrons. The standard InChI is InChI=1S/C17H19ClN2O/c1-2-10-19-17(21)14-4-3-5-16(11-14)20-12-13-6-8-15(18)9-7-13/h3-9,11,20H,2,10,12H2,1H3,(H,19,21). The highest BCUT2D eigenvalue weighted by Crippen LogP contribution is 2.14. The fourth-order valence-electron chi connectivity index (χ4n) is 1.92. The van der Waals surface area contributed by atoms with Crippen LogP contribution in [0.2, 0.25) is 5.02 Å². The first-order valence-corrected chi connectivity index (χ1v) is 7.43. The Bertz CT molecular complexity index is 596. The van der Waals surface area contributed by atoms with Gasteiger partial charge in [0.25, 0.3) is 5.91 Å². The summed E-state index contributed by atoms with van der Waals surface area (Å²) in [7, 11) is 0. The molecule has 3 nitrogen and oxygen atoms in total. The summed E-state index contributed by atoms with van der Waals surface area (Å²) in [6.45, 7) is 3.42. The number of amides is 1. The molecule has 2 rings (SSSR count). The molecule has 0 bridgehead atoms. The molecule has 0 fully saturated rings. The van der Waals surface area contributed by atoms with E-state index in [-0.39, 0.29) is 5.91 Å². The number of carbonyl (C=O) groups is 1. The third-order valence-electron chi connectivity index (χ3n) is 3.07. The van der Waals surface area contributed by atoms with E-state index >= 15 is 0 Å². The summed E-state index contributed by atoms with van der Waals surface area (Å²) in [5.41, 5.74) is 2.74. The lowest BCUT2D eigenvalue weighted by molar-refractivity contribution is 0.0953. The smallest absolute Gasteiger partial charge is 0.251 e. The van der Waals surface area contributed by atoms with Crippen molar-refractivity contribution >= 4 is 23.2 Å². The second-order valence-electron chi connectivity index (χ2n) is 4.82. The molecule has 2 aromatic carbocycles. The van der Waals surface area contributed by atoms with E-state index in [1.807, 2.05) is 55.5 Å². The summed E-state index contributed by atoms with van der Waals surface area (Å²) in [5, 5.41) is 6.91. The summed E-state index contributed by atoms with van der Waals surface area (Å²) in [6, 6.07) is 15.2. The first-order chi connectivity index (χ1) is 10.2. The minimum atomic E-state index is -0.0352. The van der Waals surface area contributed by atoms with Gasteiger partial charge in [0.15, 0.2) is 0 Å². The molecular weight excluding hydrogens is 284 g/mol. The maximum absolute atomic E-state index is 11.9. The molecule has 2 N–H and O–H groups in total. The minimum Gasteiger partial charge on any atom is -0.381 e. The molecule has 0 aliphatic heterocycles. The summed E-state index contributed by atoms with van der Waals surface area (Å²) >= 11 is 5.86. The van der Waals surface area contributed by atoms with Gasteiger partial charge in [0.1, 0.15) is 0 Å². The Morgan fingerprint density at radius 2 is 1.90 bits per heavy atom. The number of nitrogens with one attached hydrogen (secondary N) is 2. The Labute approximate surface area is 130 Å². The van der Waals surface area contributed by atoms with E-state index in [4.69, 9.17) is 11.6 Å². The van der Waals surface area contributed by atoms with Gasteiger partial charge in [0, 0.05) is 29.4 Å². The molecule has 0 aromatic heterocycles. The van der Waals surface area contributed by atoms with Crippen molar-refractivity contribution in [2.45, 2.75) is 19.9 Å². The molecule has 0 unspecified atom stereocenters. The maximum atomic E-state index is 11.9. The van der Waals surface area contributed by atoms with Crippen LogP contribution < -0.4 is 10.6 Å². The van der Waals surface area contributed by atoms with Gasteiger partial charge < -0.3 is 10.6 Å². The molecule has 2 aromatic rings. The lowest BCUT2D eigenvalue weighted by Gasteiger charge is -2.09. The Hall–Kier alpha value is -2.00. The van der Waals surface area contributed by atoms with Crippen molar-refractivity contribution in [3.8, 4) is 0 Å². The Kier molecular flexibility index (Phi) is 5.64. The SMILES string of the molecule is CCCNC(=O)c1cccc(NCc2ccc(Cl)cc2)c1. The van der Waals surface area contributed by atoms with Crippen molar-refractivity contribution in [3.05, 3.63) is 64.7 Å². The number of carbonyl (C=O) groups excluding carboxylic acids is 1. The average Bonchev–Trinajstić information content (AvgIpc) is 2.52. The first-order valence-electron chi connectivity index (χ1n) is 7.05. The summed E-state index contributed by atoms with van der Waals surface area (Å²) in [4.78, 5) is 11.9. The Morgan fingerprint density at radius 3 is 2.62 bits per heavy atom. The van der Waals surface area contributed by atoms with Crippen molar-refractivity contribution in [3.63, 3.8) is 0 Å². The van der Waals surface area contributed by atoms with E-state index in [9.17, 15) is 4.79 Å². The molecule has 0 saturated carbocycles. The average molecular weight is 303 g/mol. The predicted octanol–water partition coefficient (Wildman–Crippen LogP) is 4.09. The molecule has 0 atom stereocenters. The van der Waals surface area contributed by atoms with Crippen molar-refractivity contribution in [2.75, 3.05) is 11.9 Å². The fourth-order valence-corrected chi connectivity index (χ4v) is 2.04. The number of benzene rings is 2. The normalized spacial score (nSPS) is 10.2. The highest BCUT2D eigenvalue weighted by Gasteiger charge is 2.05. The van der Waals surface area contributed by atoms with E-state index in [1.54, 1.807) is 0 Å². The molecule has 0 heterocycles. The summed E-state index contributed by atoms with van der Waals surface area (Å²) in [5.74, 6) is -0.0352. The van der Waals surface area contributed by atoms with Gasteiger partial charge in [-0.1, -0.05) is 36.7 Å². The zero-order valence-electron chi connectivity index (χ0n) is 12.0. The van der Waals surface area contributed by atoms with Crippen molar-refractivity contribution in [1.29, 1.82) is 0 Å². The Balaban J connectivity index is 1.97. The van der Waals surface area contributed by atoms with Crippen LogP contribution in [0.15, 0.2) is 48.5 Å². The van der Waals surface area contributed by atoms with Crippen LogP contribution in [0.4, 0.5) is 5.69 Å². The van der Waals surface area contributed by atoms with Crippen molar-refractivity contribution in [1.82, 2.24) is 5.32 Å². The molecule has 4 heteroatoms. The van der Waals surface area contributed by atoms with Gasteiger partial charge in [-0.25, -0.2) is 0 Å². The molecule has 0 spiro atoms. The van der Waals surface area contributed by atoms with Crippen LogP contribution in [0.3, 0.4) is 0 Å². The monoisotopic (exact) mass is 302 g/mol. The molecular formula is C17H19ClN2O. The molecule has 0 radical (unpaired) electrons. The third kappa shape index (κ3) is 4.80. The van der Waals surface area contributed by atoms with Gasteiger partial charge >= 0.3 is 0 Å². The first kappa shape index (κ1) is 15.4. The quantitative estimate of drug-likeness (QED) is 0.844. The van der Waals surface area contributed by atoms with E-state index in [1.165, 1.54) is 0 Å². The Morgan fingerprint density at radius 1 is 1.14 bits per heavy atom. The van der Waals surface area contributed by atoms with Crippen LogP contribution in [-0.4, -0.2) is 12.5 Å². The second-order valence-corrected chi connectivity index (χ2v) is 5.25. The number of halogens is 1. The highest BCUT2D eigenvalue weighted by molar-refractivity contribution is 6.30. The van der Waals surface area contributed by atoms with E-state index in [0.29, 0.717) is 18.7 Å². The third-order valence-corrected chi connectivity index (χ3v) is 3.32. The second kappa shape index (κ2) is 7.70.